The highest BCUT2D eigenvalue weighted by atomic mass is 32.2. The largest absolute Gasteiger partial charge is 0.209 e. The van der Waals surface area contributed by atoms with Crippen LogP contribution in [0.15, 0.2) is 0 Å². The molecule has 0 amide bonds. The summed E-state index contributed by atoms with van der Waals surface area (Å²) in [5.74, 6) is 0. The molecule has 58 valence electrons. The van der Waals surface area contributed by atoms with E-state index in [9.17, 15) is 16.8 Å². The van der Waals surface area contributed by atoms with Crippen molar-refractivity contribution in [2.24, 2.45) is 0 Å². The van der Waals surface area contributed by atoms with Gasteiger partial charge in [-0.05, 0) is 12.8 Å². The lowest BCUT2D eigenvalue weighted by atomic mass is 10.4. The molecule has 0 aliphatic heterocycles. The van der Waals surface area contributed by atoms with Crippen LogP contribution in [0.1, 0.15) is 12.8 Å². The third kappa shape index (κ3) is 7.38. The van der Waals surface area contributed by atoms with Gasteiger partial charge in [-0.3, -0.25) is 0 Å². The van der Waals surface area contributed by atoms with Crippen LogP contribution in [0.25, 0.3) is 0 Å². The SMILES string of the molecule is O=S(=O)=CCCC=S(=O)=O. The number of hydrogen-bond donors (Lipinski definition) is 0. The molecular weight excluding hydrogens is 176 g/mol. The fraction of sp³-hybridized carbons (Fsp3) is 0.500. The van der Waals surface area contributed by atoms with Crippen molar-refractivity contribution in [3.8, 4) is 0 Å². The average Bonchev–Trinajstić information content (AvgIpc) is 1.79. The zero-order valence-corrected chi connectivity index (χ0v) is 6.65. The molecule has 0 heterocycles. The highest BCUT2D eigenvalue weighted by Gasteiger charge is 1.78. The molecular formula is C4H6O4S2. The molecule has 0 aromatic carbocycles. The molecule has 0 rings (SSSR count). The third-order valence-corrected chi connectivity index (χ3v) is 1.69. The van der Waals surface area contributed by atoms with Gasteiger partial charge in [0.15, 0.2) is 0 Å². The van der Waals surface area contributed by atoms with E-state index in [1.165, 1.54) is 0 Å². The molecule has 4 nitrogen and oxygen atoms in total. The van der Waals surface area contributed by atoms with Crippen molar-refractivity contribution < 1.29 is 16.8 Å². The van der Waals surface area contributed by atoms with Crippen LogP contribution in [0.2, 0.25) is 0 Å². The Labute approximate surface area is 61.6 Å². The van der Waals surface area contributed by atoms with Gasteiger partial charge in [0, 0.05) is 10.7 Å². The predicted octanol–water partition coefficient (Wildman–Crippen LogP) is -0.871. The first-order chi connectivity index (χ1) is 4.63. The second kappa shape index (κ2) is 5.19. The van der Waals surface area contributed by atoms with E-state index in [1.807, 2.05) is 0 Å². The smallest absolute Gasteiger partial charge is 0.185 e. The minimum absolute atomic E-state index is 0.240. The minimum Gasteiger partial charge on any atom is -0.185 e. The Morgan fingerprint density at radius 1 is 0.800 bits per heavy atom. The monoisotopic (exact) mass is 182 g/mol. The van der Waals surface area contributed by atoms with E-state index >= 15 is 0 Å². The van der Waals surface area contributed by atoms with Crippen LogP contribution in [-0.2, 0) is 20.6 Å². The zero-order valence-electron chi connectivity index (χ0n) is 5.02. The molecule has 0 fully saturated rings. The molecule has 0 unspecified atom stereocenters. The molecule has 0 aromatic rings. The Kier molecular flexibility index (Phi) is 4.87. The summed E-state index contributed by atoms with van der Waals surface area (Å²) in [4.78, 5) is 0. The van der Waals surface area contributed by atoms with Crippen LogP contribution in [-0.4, -0.2) is 27.6 Å². The Bertz CT molecular complexity index is 279. The Morgan fingerprint density at radius 3 is 1.30 bits per heavy atom. The molecule has 0 saturated heterocycles. The van der Waals surface area contributed by atoms with Crippen molar-refractivity contribution in [2.45, 2.75) is 12.8 Å². The van der Waals surface area contributed by atoms with E-state index in [1.54, 1.807) is 0 Å². The summed E-state index contributed by atoms with van der Waals surface area (Å²) < 4.78 is 39.3. The van der Waals surface area contributed by atoms with Crippen LogP contribution in [0.4, 0.5) is 0 Å². The van der Waals surface area contributed by atoms with Crippen molar-refractivity contribution in [1.29, 1.82) is 0 Å². The van der Waals surface area contributed by atoms with Gasteiger partial charge in [0.05, 0.1) is 0 Å². The predicted molar refractivity (Wildman–Crippen MR) is 39.2 cm³/mol. The zero-order chi connectivity index (χ0) is 7.98. The van der Waals surface area contributed by atoms with Crippen LogP contribution in [0.3, 0.4) is 0 Å². The maximum Gasteiger partial charge on any atom is 0.209 e. The standard InChI is InChI=1S/C4H6O4S2/c5-9(6)3-1-2-4-10(7)8/h3-4H,1-2H2. The Hall–Kier alpha value is -0.620. The van der Waals surface area contributed by atoms with Crippen LogP contribution < -0.4 is 0 Å². The molecule has 0 bridgehead atoms. The summed E-state index contributed by atoms with van der Waals surface area (Å²) in [7, 11) is -4.35. The molecule has 0 radical (unpaired) electrons. The van der Waals surface area contributed by atoms with E-state index in [0.717, 1.165) is 10.7 Å². The molecule has 6 heteroatoms. The first kappa shape index (κ1) is 9.38. The summed E-state index contributed by atoms with van der Waals surface area (Å²) >= 11 is 0. The van der Waals surface area contributed by atoms with E-state index in [0.29, 0.717) is 0 Å². The van der Waals surface area contributed by atoms with E-state index in [4.69, 9.17) is 0 Å². The third-order valence-electron chi connectivity index (χ3n) is 0.675. The summed E-state index contributed by atoms with van der Waals surface area (Å²) in [5, 5.41) is 2.03. The van der Waals surface area contributed by atoms with Crippen LogP contribution in [0, 0.1) is 0 Å². The fourth-order valence-electron chi connectivity index (χ4n) is 0.329. The maximum atomic E-state index is 9.82. The van der Waals surface area contributed by atoms with Gasteiger partial charge in [0.2, 0.25) is 20.6 Å². The first-order valence-electron chi connectivity index (χ1n) is 2.45. The fourth-order valence-corrected chi connectivity index (χ4v) is 0.986. The molecule has 0 aliphatic carbocycles. The van der Waals surface area contributed by atoms with Gasteiger partial charge >= 0.3 is 0 Å². The van der Waals surface area contributed by atoms with Gasteiger partial charge in [-0.15, -0.1) is 0 Å². The molecule has 10 heavy (non-hydrogen) atoms. The van der Waals surface area contributed by atoms with E-state index in [2.05, 4.69) is 0 Å². The lowest BCUT2D eigenvalue weighted by Crippen LogP contribution is -1.79. The van der Waals surface area contributed by atoms with Gasteiger partial charge < -0.3 is 0 Å². The number of hydrogen-bond acceptors (Lipinski definition) is 4. The summed E-state index contributed by atoms with van der Waals surface area (Å²) in [5.41, 5.74) is 0. The maximum absolute atomic E-state index is 9.82. The summed E-state index contributed by atoms with van der Waals surface area (Å²) in [6.07, 6.45) is 0.480. The molecule has 0 aliphatic rings. The van der Waals surface area contributed by atoms with Gasteiger partial charge in [-0.2, -0.15) is 16.8 Å². The first-order valence-corrected chi connectivity index (χ1v) is 4.73. The molecule has 0 aromatic heterocycles. The second-order valence-electron chi connectivity index (χ2n) is 1.43. The van der Waals surface area contributed by atoms with Gasteiger partial charge in [-0.1, -0.05) is 0 Å². The Balaban J connectivity index is 3.81. The Morgan fingerprint density at radius 2 is 1.10 bits per heavy atom. The van der Waals surface area contributed by atoms with Crippen molar-refractivity contribution in [3.63, 3.8) is 0 Å². The van der Waals surface area contributed by atoms with Gasteiger partial charge in [0.25, 0.3) is 0 Å². The minimum atomic E-state index is -2.18. The van der Waals surface area contributed by atoms with Crippen molar-refractivity contribution in [2.75, 3.05) is 0 Å². The van der Waals surface area contributed by atoms with Crippen molar-refractivity contribution in [3.05, 3.63) is 0 Å². The van der Waals surface area contributed by atoms with Gasteiger partial charge in [-0.25, -0.2) is 0 Å². The molecule has 0 saturated carbocycles. The molecule has 0 atom stereocenters. The molecule has 0 N–H and O–H groups in total. The van der Waals surface area contributed by atoms with Crippen LogP contribution in [0.5, 0.6) is 0 Å². The van der Waals surface area contributed by atoms with Gasteiger partial charge in [0.1, 0.15) is 0 Å². The number of unbranched alkanes of at least 4 members (excludes halogenated alkanes) is 1. The quantitative estimate of drug-likeness (QED) is 0.420. The lowest BCUT2D eigenvalue weighted by Gasteiger charge is -1.74. The lowest BCUT2D eigenvalue weighted by molar-refractivity contribution is 0.625. The second-order valence-corrected chi connectivity index (χ2v) is 3.14. The average molecular weight is 182 g/mol. The highest BCUT2D eigenvalue weighted by molar-refractivity contribution is 7.71. The van der Waals surface area contributed by atoms with E-state index < -0.39 is 20.6 Å². The van der Waals surface area contributed by atoms with Crippen molar-refractivity contribution >= 4 is 31.3 Å². The highest BCUT2D eigenvalue weighted by Crippen LogP contribution is 1.76. The van der Waals surface area contributed by atoms with Crippen LogP contribution >= 0.6 is 0 Å². The number of rotatable bonds is 3. The molecule has 0 spiro atoms. The summed E-state index contributed by atoms with van der Waals surface area (Å²) in [6.45, 7) is 0. The van der Waals surface area contributed by atoms with Crippen molar-refractivity contribution in [1.82, 2.24) is 0 Å². The van der Waals surface area contributed by atoms with E-state index in [-0.39, 0.29) is 12.8 Å². The topological polar surface area (TPSA) is 68.3 Å². The summed E-state index contributed by atoms with van der Waals surface area (Å²) in [6, 6.07) is 0. The normalized spacial score (nSPS) is 8.40.